The monoisotopic (exact) mass is 449 g/mol. The van der Waals surface area contributed by atoms with E-state index in [4.69, 9.17) is 10.00 Å². The average molecular weight is 450 g/mol. The maximum absolute atomic E-state index is 13.3. The van der Waals surface area contributed by atoms with Gasteiger partial charge in [0.15, 0.2) is 0 Å². The molecule has 4 aromatic rings. The largest absolute Gasteiger partial charge is 0.489 e. The Labute approximate surface area is 200 Å². The fraction of sp³-hybridized carbons (Fsp3) is 0.207. The number of nitrogens with one attached hydrogen (secondary N) is 1. The van der Waals surface area contributed by atoms with Crippen molar-refractivity contribution in [2.45, 2.75) is 38.7 Å². The van der Waals surface area contributed by atoms with Gasteiger partial charge in [-0.2, -0.15) is 5.26 Å². The summed E-state index contributed by atoms with van der Waals surface area (Å²) in [6.45, 7) is 2.31. The van der Waals surface area contributed by atoms with Crippen molar-refractivity contribution in [1.29, 1.82) is 5.26 Å². The zero-order valence-corrected chi connectivity index (χ0v) is 19.2. The molecule has 5 nitrogen and oxygen atoms in total. The summed E-state index contributed by atoms with van der Waals surface area (Å²) >= 11 is 0. The van der Waals surface area contributed by atoms with Gasteiger partial charge in [-0.25, -0.2) is 0 Å². The van der Waals surface area contributed by atoms with Crippen molar-refractivity contribution in [3.05, 3.63) is 102 Å². The molecule has 1 unspecified atom stereocenters. The van der Waals surface area contributed by atoms with E-state index in [0.717, 1.165) is 51.7 Å². The number of ether oxygens (including phenoxy) is 1. The van der Waals surface area contributed by atoms with E-state index in [9.17, 15) is 4.79 Å². The molecular formula is C29H27N3O2. The molecule has 1 heterocycles. The zero-order valence-electron chi connectivity index (χ0n) is 19.2. The maximum atomic E-state index is 13.3. The molecule has 3 aromatic carbocycles. The molecule has 0 saturated heterocycles. The van der Waals surface area contributed by atoms with Gasteiger partial charge >= 0.3 is 0 Å². The number of hydrogen-bond donors (Lipinski definition) is 1. The second-order valence-electron chi connectivity index (χ2n) is 8.25. The van der Waals surface area contributed by atoms with Crippen LogP contribution in [0.2, 0.25) is 0 Å². The molecule has 0 bridgehead atoms. The van der Waals surface area contributed by atoms with Gasteiger partial charge in [0.25, 0.3) is 0 Å². The quantitative estimate of drug-likeness (QED) is 0.300. The van der Waals surface area contributed by atoms with E-state index in [2.05, 4.69) is 34.6 Å². The minimum atomic E-state index is -0.324. The minimum Gasteiger partial charge on any atom is -0.489 e. The highest BCUT2D eigenvalue weighted by molar-refractivity contribution is 5.99. The number of nitriles is 1. The Morgan fingerprint density at radius 1 is 1.06 bits per heavy atom. The number of aromatic nitrogens is 1. The molecule has 0 saturated carbocycles. The Hall–Kier alpha value is -4.17. The van der Waals surface area contributed by atoms with Gasteiger partial charge in [0.05, 0.1) is 12.0 Å². The summed E-state index contributed by atoms with van der Waals surface area (Å²) in [4.78, 5) is 17.3. The van der Waals surface area contributed by atoms with Crippen LogP contribution in [0.5, 0.6) is 5.75 Å². The van der Waals surface area contributed by atoms with Crippen molar-refractivity contribution in [2.75, 3.05) is 5.32 Å². The summed E-state index contributed by atoms with van der Waals surface area (Å²) in [5.41, 5.74) is 3.74. The Morgan fingerprint density at radius 2 is 1.85 bits per heavy atom. The predicted octanol–water partition coefficient (Wildman–Crippen LogP) is 6.40. The summed E-state index contributed by atoms with van der Waals surface area (Å²) in [5.74, 6) is 0.350. The van der Waals surface area contributed by atoms with E-state index in [1.165, 1.54) is 0 Å². The number of nitrogens with zero attached hydrogens (tertiary/aromatic N) is 2. The molecular weight excluding hydrogens is 422 g/mol. The number of unbranched alkanes of at least 4 members (excludes halogenated alkanes) is 1. The highest BCUT2D eigenvalue weighted by Crippen LogP contribution is 2.28. The van der Waals surface area contributed by atoms with Crippen LogP contribution in [0.4, 0.5) is 5.69 Å². The summed E-state index contributed by atoms with van der Waals surface area (Å²) in [6, 6.07) is 26.0. The van der Waals surface area contributed by atoms with Gasteiger partial charge in [-0.15, -0.1) is 0 Å². The molecule has 1 atom stereocenters. The van der Waals surface area contributed by atoms with Crippen molar-refractivity contribution < 1.29 is 9.53 Å². The SMILES string of the molecule is CC(C(=O)Nc1cc(COc2ccncc2)ccc1CCCC#N)c1cccc2ccccc12. The van der Waals surface area contributed by atoms with Gasteiger partial charge in [0, 0.05) is 24.5 Å². The molecule has 4 rings (SSSR count). The molecule has 0 spiro atoms. The average Bonchev–Trinajstić information content (AvgIpc) is 2.88. The van der Waals surface area contributed by atoms with Crippen LogP contribution in [0.15, 0.2) is 85.2 Å². The van der Waals surface area contributed by atoms with Crippen molar-refractivity contribution in [3.63, 3.8) is 0 Å². The number of fused-ring (bicyclic) bond motifs is 1. The van der Waals surface area contributed by atoms with Gasteiger partial charge in [-0.3, -0.25) is 9.78 Å². The first kappa shape index (κ1) is 23.0. The van der Waals surface area contributed by atoms with Crippen molar-refractivity contribution in [2.24, 2.45) is 0 Å². The number of carbonyl (C=O) groups is 1. The standard InChI is InChI=1S/C29H27N3O2/c1-21(26-11-6-9-23-7-2-3-10-27(23)26)29(33)32-28-19-22(12-13-24(28)8-4-5-16-30)20-34-25-14-17-31-18-15-25/h2-3,6-7,9-15,17-19,21H,4-5,8,20H2,1H3,(H,32,33). The van der Waals surface area contributed by atoms with E-state index >= 15 is 0 Å². The van der Waals surface area contributed by atoms with Gasteiger partial charge < -0.3 is 10.1 Å². The normalized spacial score (nSPS) is 11.5. The molecule has 0 aliphatic heterocycles. The Kier molecular flexibility index (Phi) is 7.52. The Morgan fingerprint density at radius 3 is 2.68 bits per heavy atom. The van der Waals surface area contributed by atoms with E-state index in [1.54, 1.807) is 12.4 Å². The molecule has 0 aliphatic rings. The van der Waals surface area contributed by atoms with E-state index in [-0.39, 0.29) is 11.8 Å². The van der Waals surface area contributed by atoms with Crippen LogP contribution in [-0.4, -0.2) is 10.9 Å². The summed E-state index contributed by atoms with van der Waals surface area (Å²) < 4.78 is 5.86. The fourth-order valence-corrected chi connectivity index (χ4v) is 4.02. The van der Waals surface area contributed by atoms with Crippen LogP contribution >= 0.6 is 0 Å². The smallest absolute Gasteiger partial charge is 0.231 e. The number of carbonyl (C=O) groups excluding carboxylic acids is 1. The molecule has 1 aromatic heterocycles. The highest BCUT2D eigenvalue weighted by atomic mass is 16.5. The number of amides is 1. The number of pyridine rings is 1. The van der Waals surface area contributed by atoms with Gasteiger partial charge in [0.1, 0.15) is 12.4 Å². The number of anilines is 1. The lowest BCUT2D eigenvalue weighted by molar-refractivity contribution is -0.117. The van der Waals surface area contributed by atoms with Crippen molar-refractivity contribution >= 4 is 22.4 Å². The summed E-state index contributed by atoms with van der Waals surface area (Å²) in [7, 11) is 0. The fourth-order valence-electron chi connectivity index (χ4n) is 4.02. The lowest BCUT2D eigenvalue weighted by Crippen LogP contribution is -2.20. The van der Waals surface area contributed by atoms with Gasteiger partial charge in [0.2, 0.25) is 5.91 Å². The number of hydrogen-bond acceptors (Lipinski definition) is 4. The van der Waals surface area contributed by atoms with Gasteiger partial charge in [-0.05, 0) is 65.4 Å². The van der Waals surface area contributed by atoms with Crippen LogP contribution in [0.3, 0.4) is 0 Å². The van der Waals surface area contributed by atoms with E-state index < -0.39 is 0 Å². The lowest BCUT2D eigenvalue weighted by Gasteiger charge is -2.18. The summed E-state index contributed by atoms with van der Waals surface area (Å²) in [5, 5.41) is 14.3. The third-order valence-corrected chi connectivity index (χ3v) is 5.91. The number of rotatable bonds is 9. The molecule has 1 amide bonds. The zero-order chi connectivity index (χ0) is 23.8. The first-order chi connectivity index (χ1) is 16.7. The third kappa shape index (κ3) is 5.60. The first-order valence-corrected chi connectivity index (χ1v) is 11.5. The van der Waals surface area contributed by atoms with E-state index in [1.807, 2.05) is 61.5 Å². The topological polar surface area (TPSA) is 75.0 Å². The second kappa shape index (κ2) is 11.1. The van der Waals surface area contributed by atoms with Crippen LogP contribution < -0.4 is 10.1 Å². The molecule has 0 aliphatic carbocycles. The van der Waals surface area contributed by atoms with Crippen LogP contribution in [0, 0.1) is 11.3 Å². The molecule has 34 heavy (non-hydrogen) atoms. The number of benzene rings is 3. The third-order valence-electron chi connectivity index (χ3n) is 5.91. The van der Waals surface area contributed by atoms with Gasteiger partial charge in [-0.1, -0.05) is 54.6 Å². The number of aryl methyl sites for hydroxylation is 1. The van der Waals surface area contributed by atoms with Crippen LogP contribution in [-0.2, 0) is 17.8 Å². The second-order valence-corrected chi connectivity index (χ2v) is 8.25. The van der Waals surface area contributed by atoms with Crippen molar-refractivity contribution in [3.8, 4) is 11.8 Å². The molecule has 1 N–H and O–H groups in total. The Balaban J connectivity index is 1.55. The van der Waals surface area contributed by atoms with Crippen LogP contribution in [0.1, 0.15) is 42.4 Å². The highest BCUT2D eigenvalue weighted by Gasteiger charge is 2.19. The lowest BCUT2D eigenvalue weighted by atomic mass is 9.94. The predicted molar refractivity (Wildman–Crippen MR) is 135 cm³/mol. The molecule has 170 valence electrons. The van der Waals surface area contributed by atoms with Crippen molar-refractivity contribution in [1.82, 2.24) is 4.98 Å². The first-order valence-electron chi connectivity index (χ1n) is 11.5. The molecule has 0 radical (unpaired) electrons. The maximum Gasteiger partial charge on any atom is 0.231 e. The molecule has 0 fully saturated rings. The minimum absolute atomic E-state index is 0.0647. The summed E-state index contributed by atoms with van der Waals surface area (Å²) in [6.07, 6.45) is 5.32. The Bertz CT molecular complexity index is 1310. The molecule has 5 heteroatoms. The van der Waals surface area contributed by atoms with Crippen LogP contribution in [0.25, 0.3) is 10.8 Å². The van der Waals surface area contributed by atoms with E-state index in [0.29, 0.717) is 13.0 Å².